The minimum Gasteiger partial charge on any atom is -0.376 e. The van der Waals surface area contributed by atoms with E-state index >= 15 is 0 Å². The predicted molar refractivity (Wildman–Crippen MR) is 104 cm³/mol. The van der Waals surface area contributed by atoms with Crippen LogP contribution in [0.5, 0.6) is 0 Å². The third-order valence-corrected chi connectivity index (χ3v) is 6.60. The Morgan fingerprint density at radius 3 is 2.76 bits per heavy atom. The number of thioether (sulfide) groups is 1. The van der Waals surface area contributed by atoms with Crippen molar-refractivity contribution in [3.05, 3.63) is 34.3 Å². The number of rotatable bonds is 6. The Balaban J connectivity index is 1.54. The molecule has 4 rings (SSSR count). The van der Waals surface area contributed by atoms with Crippen LogP contribution in [0, 0.1) is 0 Å². The minimum atomic E-state index is 0.292. The van der Waals surface area contributed by atoms with Crippen molar-refractivity contribution in [2.75, 3.05) is 24.6 Å². The lowest BCUT2D eigenvalue weighted by molar-refractivity contribution is 0.0952. The van der Waals surface area contributed by atoms with E-state index in [4.69, 9.17) is 4.74 Å². The highest BCUT2D eigenvalue weighted by molar-refractivity contribution is 9.10. The molecule has 0 saturated carbocycles. The highest BCUT2D eigenvalue weighted by Crippen LogP contribution is 2.30. The Morgan fingerprint density at radius 1 is 1.16 bits per heavy atom. The van der Waals surface area contributed by atoms with Crippen LogP contribution < -0.4 is 4.90 Å². The first-order valence-corrected chi connectivity index (χ1v) is 10.7. The predicted octanol–water partition coefficient (Wildman–Crippen LogP) is 4.11. The molecule has 25 heavy (non-hydrogen) atoms. The molecule has 0 bridgehead atoms. The van der Waals surface area contributed by atoms with E-state index in [1.165, 1.54) is 18.4 Å². The molecule has 2 saturated heterocycles. The molecule has 3 heterocycles. The summed E-state index contributed by atoms with van der Waals surface area (Å²) in [5.41, 5.74) is 1.28. The van der Waals surface area contributed by atoms with Crippen LogP contribution in [0.1, 0.15) is 31.2 Å². The minimum absolute atomic E-state index is 0.292. The van der Waals surface area contributed by atoms with Gasteiger partial charge < -0.3 is 9.64 Å². The molecule has 2 aliphatic heterocycles. The maximum atomic E-state index is 5.87. The average molecular weight is 423 g/mol. The highest BCUT2D eigenvalue weighted by atomic mass is 79.9. The first-order chi connectivity index (χ1) is 12.3. The average Bonchev–Trinajstić information content (AvgIpc) is 3.37. The smallest absolute Gasteiger partial charge is 0.228 e. The summed E-state index contributed by atoms with van der Waals surface area (Å²) >= 11 is 5.39. The Kier molecular flexibility index (Phi) is 5.63. The monoisotopic (exact) mass is 422 g/mol. The van der Waals surface area contributed by atoms with Crippen molar-refractivity contribution >= 4 is 33.6 Å². The quantitative estimate of drug-likeness (QED) is 0.655. The van der Waals surface area contributed by atoms with Crippen molar-refractivity contribution in [2.24, 2.45) is 0 Å². The van der Waals surface area contributed by atoms with Crippen LogP contribution in [0.4, 0.5) is 5.95 Å². The summed E-state index contributed by atoms with van der Waals surface area (Å²) in [6.07, 6.45) is 5.07. The first kappa shape index (κ1) is 17.4. The summed E-state index contributed by atoms with van der Waals surface area (Å²) in [6.45, 7) is 3.90. The van der Waals surface area contributed by atoms with Gasteiger partial charge in [0, 0.05) is 29.9 Å². The fourth-order valence-corrected chi connectivity index (χ4v) is 5.01. The molecule has 5 nitrogen and oxygen atoms in total. The number of anilines is 1. The second-order valence-electron chi connectivity index (χ2n) is 6.60. The second-order valence-corrected chi connectivity index (χ2v) is 8.40. The number of nitrogens with zero attached hydrogens (tertiary/aromatic N) is 4. The summed E-state index contributed by atoms with van der Waals surface area (Å²) in [5.74, 6) is 1.90. The number of hydrogen-bond donors (Lipinski definition) is 0. The van der Waals surface area contributed by atoms with Crippen LogP contribution in [0.2, 0.25) is 0 Å². The van der Waals surface area contributed by atoms with Gasteiger partial charge in [0.05, 0.1) is 12.6 Å². The molecule has 1 atom stereocenters. The lowest BCUT2D eigenvalue weighted by Gasteiger charge is -2.20. The van der Waals surface area contributed by atoms with Crippen LogP contribution in [0.25, 0.3) is 0 Å². The number of halogens is 1. The normalized spacial score (nSPS) is 20.5. The molecule has 0 spiro atoms. The van der Waals surface area contributed by atoms with Crippen molar-refractivity contribution in [3.8, 4) is 0 Å². The molecule has 2 aliphatic rings. The van der Waals surface area contributed by atoms with Gasteiger partial charge in [-0.2, -0.15) is 0 Å². The zero-order valence-electron chi connectivity index (χ0n) is 14.2. The number of benzene rings is 1. The summed E-state index contributed by atoms with van der Waals surface area (Å²) < 4.78 is 9.30. The largest absolute Gasteiger partial charge is 0.376 e. The molecule has 0 aliphatic carbocycles. The maximum Gasteiger partial charge on any atom is 0.228 e. The molecule has 1 aromatic heterocycles. The van der Waals surface area contributed by atoms with Gasteiger partial charge in [-0.1, -0.05) is 45.9 Å². The van der Waals surface area contributed by atoms with Gasteiger partial charge in [0.2, 0.25) is 5.95 Å². The molecule has 2 aromatic rings. The van der Waals surface area contributed by atoms with E-state index in [-0.39, 0.29) is 0 Å². The Labute approximate surface area is 161 Å². The topological polar surface area (TPSA) is 43.2 Å². The number of aromatic nitrogens is 3. The van der Waals surface area contributed by atoms with Crippen LogP contribution in [-0.2, 0) is 17.0 Å². The van der Waals surface area contributed by atoms with Crippen molar-refractivity contribution in [1.82, 2.24) is 14.8 Å². The van der Waals surface area contributed by atoms with Gasteiger partial charge in [0.25, 0.3) is 0 Å². The molecule has 0 N–H and O–H groups in total. The summed E-state index contributed by atoms with van der Waals surface area (Å²) in [6, 6.07) is 8.36. The van der Waals surface area contributed by atoms with Crippen LogP contribution in [0.15, 0.2) is 33.9 Å². The van der Waals surface area contributed by atoms with Crippen molar-refractivity contribution in [2.45, 2.75) is 49.2 Å². The van der Waals surface area contributed by atoms with Crippen molar-refractivity contribution < 1.29 is 4.74 Å². The molecular weight excluding hydrogens is 400 g/mol. The Bertz CT molecular complexity index is 711. The number of ether oxygens (including phenoxy) is 1. The van der Waals surface area contributed by atoms with Gasteiger partial charge in [-0.05, 0) is 37.3 Å². The maximum absolute atomic E-state index is 5.87. The van der Waals surface area contributed by atoms with E-state index < -0.39 is 0 Å². The Hall–Kier alpha value is -1.05. The third kappa shape index (κ3) is 4.04. The summed E-state index contributed by atoms with van der Waals surface area (Å²) in [4.78, 5) is 2.37. The molecule has 2 fully saturated rings. The van der Waals surface area contributed by atoms with Gasteiger partial charge in [-0.25, -0.2) is 0 Å². The Morgan fingerprint density at radius 2 is 2.00 bits per heavy atom. The summed E-state index contributed by atoms with van der Waals surface area (Å²) in [7, 11) is 0. The van der Waals surface area contributed by atoms with Gasteiger partial charge >= 0.3 is 0 Å². The van der Waals surface area contributed by atoms with Crippen LogP contribution in [0.3, 0.4) is 0 Å². The first-order valence-electron chi connectivity index (χ1n) is 8.97. The molecule has 0 radical (unpaired) electrons. The lowest BCUT2D eigenvalue weighted by Crippen LogP contribution is -2.25. The molecular formula is C18H23BrN4OS. The molecule has 134 valence electrons. The molecule has 1 aromatic carbocycles. The molecule has 7 heteroatoms. The standard InChI is InChI=1S/C18H23BrN4OS/c19-16-8-2-1-6-14(16)13-25-18-21-20-17(22-9-3-4-10-22)23(18)12-15-7-5-11-24-15/h1-2,6,8,15H,3-5,7,9-13H2. The van der Waals surface area contributed by atoms with Gasteiger partial charge in [0.15, 0.2) is 5.16 Å². The number of hydrogen-bond acceptors (Lipinski definition) is 5. The van der Waals surface area contributed by atoms with Crippen molar-refractivity contribution in [3.63, 3.8) is 0 Å². The lowest BCUT2D eigenvalue weighted by atomic mass is 10.2. The fourth-order valence-electron chi connectivity index (χ4n) is 3.45. The van der Waals surface area contributed by atoms with E-state index in [1.54, 1.807) is 11.8 Å². The van der Waals surface area contributed by atoms with Crippen molar-refractivity contribution in [1.29, 1.82) is 0 Å². The third-order valence-electron chi connectivity index (χ3n) is 4.81. The molecule has 0 amide bonds. The zero-order valence-corrected chi connectivity index (χ0v) is 16.6. The second kappa shape index (κ2) is 8.10. The fraction of sp³-hybridized carbons (Fsp3) is 0.556. The SMILES string of the molecule is Brc1ccccc1CSc1nnc(N2CCCC2)n1CC1CCCO1. The van der Waals surface area contributed by atoms with E-state index in [1.807, 2.05) is 6.07 Å². The van der Waals surface area contributed by atoms with Crippen LogP contribution in [-0.4, -0.2) is 40.6 Å². The zero-order chi connectivity index (χ0) is 17.1. The highest BCUT2D eigenvalue weighted by Gasteiger charge is 2.25. The van der Waals surface area contributed by atoms with Gasteiger partial charge in [-0.3, -0.25) is 4.57 Å². The van der Waals surface area contributed by atoms with E-state index in [0.717, 1.165) is 60.4 Å². The van der Waals surface area contributed by atoms with Crippen LogP contribution >= 0.6 is 27.7 Å². The van der Waals surface area contributed by atoms with E-state index in [2.05, 4.69) is 53.8 Å². The summed E-state index contributed by atoms with van der Waals surface area (Å²) in [5, 5.41) is 10.0. The van der Waals surface area contributed by atoms with Gasteiger partial charge in [0.1, 0.15) is 0 Å². The van der Waals surface area contributed by atoms with Gasteiger partial charge in [-0.15, -0.1) is 10.2 Å². The van der Waals surface area contributed by atoms with E-state index in [9.17, 15) is 0 Å². The van der Waals surface area contributed by atoms with E-state index in [0.29, 0.717) is 6.10 Å². The molecule has 1 unspecified atom stereocenters.